The zero-order chi connectivity index (χ0) is 10.7. The van der Waals surface area contributed by atoms with E-state index in [9.17, 15) is 14.3 Å². The number of rotatable bonds is 3. The van der Waals surface area contributed by atoms with Gasteiger partial charge in [-0.1, -0.05) is 0 Å². The minimum absolute atomic E-state index is 0.0220. The Labute approximate surface area is 89.1 Å². The van der Waals surface area contributed by atoms with Crippen LogP contribution in [0.25, 0.3) is 0 Å². The lowest BCUT2D eigenvalue weighted by Gasteiger charge is -2.05. The first-order valence-electron chi connectivity index (χ1n) is 3.92. The van der Waals surface area contributed by atoms with Crippen LogP contribution in [0.4, 0.5) is 4.39 Å². The fraction of sp³-hybridized carbons (Fsp3) is 0.222. The monoisotopic (exact) mass is 261 g/mol. The first-order valence-corrected chi connectivity index (χ1v) is 4.71. The summed E-state index contributed by atoms with van der Waals surface area (Å²) in [4.78, 5) is 11.4. The molecule has 14 heavy (non-hydrogen) atoms. The number of phenolic OH excluding ortho intramolecular Hbond substituents is 1. The average Bonchev–Trinajstić information content (AvgIpc) is 2.11. The highest BCUT2D eigenvalue weighted by atomic mass is 79.9. The van der Waals surface area contributed by atoms with Crippen LogP contribution in [0.3, 0.4) is 0 Å². The maximum absolute atomic E-state index is 12.9. The van der Waals surface area contributed by atoms with Gasteiger partial charge in [0.15, 0.2) is 5.78 Å². The van der Waals surface area contributed by atoms with Crippen molar-refractivity contribution in [3.05, 3.63) is 28.0 Å². The van der Waals surface area contributed by atoms with Gasteiger partial charge < -0.3 is 10.4 Å². The van der Waals surface area contributed by atoms with Crippen molar-refractivity contribution < 1.29 is 14.3 Å². The molecule has 3 nitrogen and oxygen atoms in total. The summed E-state index contributed by atoms with van der Waals surface area (Å²) in [6, 6.07) is 2.12. The standard InChI is InChI=1S/C9H9BrFNO2/c1-12-4-8(13)6-2-5(11)3-7(10)9(6)14/h2-3,12,14H,4H2,1H3. The Morgan fingerprint density at radius 2 is 2.29 bits per heavy atom. The molecule has 0 aliphatic heterocycles. The largest absolute Gasteiger partial charge is 0.506 e. The molecule has 2 N–H and O–H groups in total. The number of Topliss-reactive ketones (excluding diaryl/α,β-unsaturated/α-hetero) is 1. The maximum atomic E-state index is 12.9. The minimum Gasteiger partial charge on any atom is -0.506 e. The molecule has 0 aromatic heterocycles. The van der Waals surface area contributed by atoms with E-state index in [1.165, 1.54) is 0 Å². The summed E-state index contributed by atoms with van der Waals surface area (Å²) >= 11 is 2.95. The van der Waals surface area contributed by atoms with Gasteiger partial charge >= 0.3 is 0 Å². The predicted octanol–water partition coefficient (Wildman–Crippen LogP) is 1.70. The summed E-state index contributed by atoms with van der Waals surface area (Å²) in [6.45, 7) is 0.0590. The number of likely N-dealkylation sites (N-methyl/N-ethyl adjacent to an activating group) is 1. The second-order valence-corrected chi connectivity index (χ2v) is 3.59. The molecule has 1 rings (SSSR count). The van der Waals surface area contributed by atoms with Gasteiger partial charge in [0.2, 0.25) is 0 Å². The molecular weight excluding hydrogens is 253 g/mol. The van der Waals surface area contributed by atoms with Crippen LogP contribution < -0.4 is 5.32 Å². The molecule has 0 radical (unpaired) electrons. The average molecular weight is 262 g/mol. The maximum Gasteiger partial charge on any atom is 0.180 e. The smallest absolute Gasteiger partial charge is 0.180 e. The summed E-state index contributed by atoms with van der Waals surface area (Å²) in [5, 5.41) is 12.1. The topological polar surface area (TPSA) is 49.3 Å². The van der Waals surface area contributed by atoms with Gasteiger partial charge in [0.05, 0.1) is 16.6 Å². The number of halogens is 2. The summed E-state index contributed by atoms with van der Waals surface area (Å²) in [7, 11) is 1.60. The van der Waals surface area contributed by atoms with E-state index in [1.807, 2.05) is 0 Å². The van der Waals surface area contributed by atoms with Crippen LogP contribution in [-0.4, -0.2) is 24.5 Å². The van der Waals surface area contributed by atoms with E-state index < -0.39 is 5.82 Å². The van der Waals surface area contributed by atoms with Crippen molar-refractivity contribution in [3.8, 4) is 5.75 Å². The van der Waals surface area contributed by atoms with Crippen LogP contribution in [-0.2, 0) is 0 Å². The number of hydrogen-bond acceptors (Lipinski definition) is 3. The molecule has 1 aromatic rings. The molecule has 0 aliphatic rings. The number of hydrogen-bond donors (Lipinski definition) is 2. The van der Waals surface area contributed by atoms with Crippen LogP contribution in [0.1, 0.15) is 10.4 Å². The van der Waals surface area contributed by atoms with Gasteiger partial charge in [-0.15, -0.1) is 0 Å². The number of nitrogens with one attached hydrogen (secondary N) is 1. The zero-order valence-electron chi connectivity index (χ0n) is 7.47. The highest BCUT2D eigenvalue weighted by Gasteiger charge is 2.14. The zero-order valence-corrected chi connectivity index (χ0v) is 9.06. The number of carbonyl (C=O) groups is 1. The molecule has 0 heterocycles. The Balaban J connectivity index is 3.13. The molecule has 0 atom stereocenters. The Hall–Kier alpha value is -0.940. The van der Waals surface area contributed by atoms with Crippen LogP contribution in [0.15, 0.2) is 16.6 Å². The van der Waals surface area contributed by atoms with Gasteiger partial charge in [0.25, 0.3) is 0 Å². The predicted molar refractivity (Wildman–Crippen MR) is 54.0 cm³/mol. The molecule has 76 valence electrons. The highest BCUT2D eigenvalue weighted by molar-refractivity contribution is 9.10. The quantitative estimate of drug-likeness (QED) is 0.815. The third-order valence-corrected chi connectivity index (χ3v) is 2.27. The Bertz CT molecular complexity index is 368. The Kier molecular flexibility index (Phi) is 3.60. The van der Waals surface area contributed by atoms with E-state index in [4.69, 9.17) is 0 Å². The normalized spacial score (nSPS) is 10.2. The van der Waals surface area contributed by atoms with Crippen LogP contribution in [0, 0.1) is 5.82 Å². The number of carbonyl (C=O) groups excluding carboxylic acids is 1. The van der Waals surface area contributed by atoms with Crippen LogP contribution in [0.5, 0.6) is 5.75 Å². The molecule has 5 heteroatoms. The number of benzene rings is 1. The molecule has 0 amide bonds. The molecule has 0 spiro atoms. The van der Waals surface area contributed by atoms with Crippen molar-refractivity contribution in [1.29, 1.82) is 0 Å². The molecule has 0 bridgehead atoms. The SMILES string of the molecule is CNCC(=O)c1cc(F)cc(Br)c1O. The lowest BCUT2D eigenvalue weighted by atomic mass is 10.1. The van der Waals surface area contributed by atoms with Crippen molar-refractivity contribution in [2.45, 2.75) is 0 Å². The van der Waals surface area contributed by atoms with Gasteiger partial charge in [-0.25, -0.2) is 4.39 Å². The van der Waals surface area contributed by atoms with Crippen molar-refractivity contribution in [2.24, 2.45) is 0 Å². The van der Waals surface area contributed by atoms with Crippen molar-refractivity contribution in [1.82, 2.24) is 5.32 Å². The van der Waals surface area contributed by atoms with Gasteiger partial charge in [0.1, 0.15) is 11.6 Å². The summed E-state index contributed by atoms with van der Waals surface area (Å²) in [5.41, 5.74) is -0.0220. The molecule has 0 fully saturated rings. The minimum atomic E-state index is -0.561. The Morgan fingerprint density at radius 1 is 1.64 bits per heavy atom. The number of ketones is 1. The van der Waals surface area contributed by atoms with Gasteiger partial charge in [0, 0.05) is 0 Å². The molecule has 0 saturated heterocycles. The number of phenols is 1. The van der Waals surface area contributed by atoms with Gasteiger partial charge in [-0.2, -0.15) is 0 Å². The third-order valence-electron chi connectivity index (χ3n) is 1.67. The lowest BCUT2D eigenvalue weighted by molar-refractivity contribution is 0.0990. The second-order valence-electron chi connectivity index (χ2n) is 2.74. The number of aromatic hydroxyl groups is 1. The van der Waals surface area contributed by atoms with Crippen molar-refractivity contribution in [3.63, 3.8) is 0 Å². The first-order chi connectivity index (χ1) is 6.56. The summed E-state index contributed by atoms with van der Waals surface area (Å²) < 4.78 is 13.1. The molecular formula is C9H9BrFNO2. The molecule has 1 aromatic carbocycles. The van der Waals surface area contributed by atoms with Gasteiger partial charge in [-0.05, 0) is 35.1 Å². The van der Waals surface area contributed by atoms with E-state index in [0.717, 1.165) is 12.1 Å². The first kappa shape index (κ1) is 11.1. The van der Waals surface area contributed by atoms with E-state index >= 15 is 0 Å². The Morgan fingerprint density at radius 3 is 2.86 bits per heavy atom. The third kappa shape index (κ3) is 2.30. The molecule has 0 saturated carbocycles. The van der Waals surface area contributed by atoms with Crippen LogP contribution in [0.2, 0.25) is 0 Å². The molecule has 0 unspecified atom stereocenters. The van der Waals surface area contributed by atoms with Crippen LogP contribution >= 0.6 is 15.9 Å². The lowest BCUT2D eigenvalue weighted by Crippen LogP contribution is -2.18. The fourth-order valence-corrected chi connectivity index (χ4v) is 1.47. The van der Waals surface area contributed by atoms with E-state index in [0.29, 0.717) is 0 Å². The van der Waals surface area contributed by atoms with E-state index in [1.54, 1.807) is 7.05 Å². The fourth-order valence-electron chi connectivity index (χ4n) is 1.03. The summed E-state index contributed by atoms with van der Waals surface area (Å²) in [6.07, 6.45) is 0. The molecule has 0 aliphatic carbocycles. The van der Waals surface area contributed by atoms with E-state index in [-0.39, 0.29) is 28.1 Å². The highest BCUT2D eigenvalue weighted by Crippen LogP contribution is 2.29. The van der Waals surface area contributed by atoms with Crippen molar-refractivity contribution in [2.75, 3.05) is 13.6 Å². The summed E-state index contributed by atoms with van der Waals surface area (Å²) in [5.74, 6) is -1.15. The van der Waals surface area contributed by atoms with Crippen molar-refractivity contribution >= 4 is 21.7 Å². The van der Waals surface area contributed by atoms with E-state index in [2.05, 4.69) is 21.2 Å². The second kappa shape index (κ2) is 4.52. The van der Waals surface area contributed by atoms with Gasteiger partial charge in [-0.3, -0.25) is 4.79 Å².